The van der Waals surface area contributed by atoms with Crippen LogP contribution in [0.4, 0.5) is 5.69 Å². The molecule has 164 valence electrons. The topological polar surface area (TPSA) is 79.0 Å². The number of amides is 1. The molecule has 0 unspecified atom stereocenters. The molecule has 1 aliphatic rings. The summed E-state index contributed by atoms with van der Waals surface area (Å²) in [5.74, 6) is -0.221. The van der Waals surface area contributed by atoms with Gasteiger partial charge in [0.1, 0.15) is 0 Å². The molecule has 1 amide bonds. The van der Waals surface area contributed by atoms with Gasteiger partial charge in [0.15, 0.2) is 0 Å². The Labute approximate surface area is 175 Å². The van der Waals surface area contributed by atoms with Crippen molar-refractivity contribution in [3.05, 3.63) is 23.8 Å². The quantitative estimate of drug-likeness (QED) is 0.552. The van der Waals surface area contributed by atoms with Crippen LogP contribution in [0.25, 0.3) is 0 Å². The van der Waals surface area contributed by atoms with Gasteiger partial charge < -0.3 is 10.1 Å². The number of sulfonamides is 1. The third-order valence-electron chi connectivity index (χ3n) is 5.16. The second-order valence-electron chi connectivity index (χ2n) is 7.58. The highest BCUT2D eigenvalue weighted by molar-refractivity contribution is 7.89. The maximum absolute atomic E-state index is 13.5. The van der Waals surface area contributed by atoms with Crippen LogP contribution in [0.1, 0.15) is 45.1 Å². The molecule has 2 rings (SSSR count). The Balaban J connectivity index is 2.20. The highest BCUT2D eigenvalue weighted by Crippen LogP contribution is 2.24. The van der Waals surface area contributed by atoms with Crippen molar-refractivity contribution in [3.63, 3.8) is 0 Å². The van der Waals surface area contributed by atoms with Gasteiger partial charge >= 0.3 is 0 Å². The van der Waals surface area contributed by atoms with Crippen molar-refractivity contribution in [3.8, 4) is 0 Å². The number of ether oxygens (including phenoxy) is 1. The van der Waals surface area contributed by atoms with Gasteiger partial charge in [-0.3, -0.25) is 9.69 Å². The number of aryl methyl sites for hydroxylation is 1. The summed E-state index contributed by atoms with van der Waals surface area (Å²) in [5, 5.41) is 2.68. The summed E-state index contributed by atoms with van der Waals surface area (Å²) in [4.78, 5) is 13.9. The summed E-state index contributed by atoms with van der Waals surface area (Å²) in [6.07, 6.45) is 4.08. The Kier molecular flexibility index (Phi) is 9.55. The zero-order chi connectivity index (χ0) is 21.3. The Morgan fingerprint density at radius 3 is 2.55 bits per heavy atom. The fourth-order valence-electron chi connectivity index (χ4n) is 3.44. The van der Waals surface area contributed by atoms with Gasteiger partial charge in [0, 0.05) is 45.3 Å². The number of rotatable bonds is 11. The van der Waals surface area contributed by atoms with Crippen molar-refractivity contribution >= 4 is 21.6 Å². The SMILES string of the molecule is CCCCCCN(CCN1CCOCC1)S(=O)(=O)c1cc(NC(C)=O)ccc1C. The lowest BCUT2D eigenvalue weighted by atomic mass is 10.2. The molecule has 0 spiro atoms. The van der Waals surface area contributed by atoms with Crippen LogP contribution >= 0.6 is 0 Å². The van der Waals surface area contributed by atoms with E-state index in [0.29, 0.717) is 44.1 Å². The van der Waals surface area contributed by atoms with Crippen LogP contribution in [0.15, 0.2) is 23.1 Å². The van der Waals surface area contributed by atoms with E-state index >= 15 is 0 Å². The molecule has 0 radical (unpaired) electrons. The molecule has 7 nitrogen and oxygen atoms in total. The van der Waals surface area contributed by atoms with Crippen LogP contribution in [0, 0.1) is 6.92 Å². The monoisotopic (exact) mass is 425 g/mol. The van der Waals surface area contributed by atoms with Crippen molar-refractivity contribution in [1.29, 1.82) is 0 Å². The van der Waals surface area contributed by atoms with E-state index in [1.807, 2.05) is 0 Å². The van der Waals surface area contributed by atoms with Gasteiger partial charge in [0.25, 0.3) is 0 Å². The van der Waals surface area contributed by atoms with E-state index in [1.165, 1.54) is 6.92 Å². The first kappa shape index (κ1) is 23.8. The molecule has 1 aliphatic heterocycles. The Hall–Kier alpha value is -1.48. The molecule has 1 aromatic rings. The first-order valence-electron chi connectivity index (χ1n) is 10.5. The number of hydrogen-bond donors (Lipinski definition) is 1. The second kappa shape index (κ2) is 11.6. The molecule has 0 saturated carbocycles. The van der Waals surface area contributed by atoms with E-state index in [1.54, 1.807) is 29.4 Å². The molecular formula is C21H35N3O4S. The van der Waals surface area contributed by atoms with Gasteiger partial charge in [-0.2, -0.15) is 4.31 Å². The molecule has 29 heavy (non-hydrogen) atoms. The summed E-state index contributed by atoms with van der Waals surface area (Å²) < 4.78 is 34.0. The van der Waals surface area contributed by atoms with Crippen molar-refractivity contribution < 1.29 is 17.9 Å². The standard InChI is InChI=1S/C21H35N3O4S/c1-4-5-6-7-10-24(12-11-23-13-15-28-16-14-23)29(26,27)21-17-20(22-19(3)25)9-8-18(21)2/h8-9,17H,4-7,10-16H2,1-3H3,(H,22,25). The summed E-state index contributed by atoms with van der Waals surface area (Å²) in [5.41, 5.74) is 1.19. The van der Waals surface area contributed by atoms with Crippen LogP contribution in [0.3, 0.4) is 0 Å². The summed E-state index contributed by atoms with van der Waals surface area (Å²) in [6, 6.07) is 5.05. The number of carbonyl (C=O) groups excluding carboxylic acids is 1. The third-order valence-corrected chi connectivity index (χ3v) is 7.20. The molecule has 8 heteroatoms. The fraction of sp³-hybridized carbons (Fsp3) is 0.667. The zero-order valence-corrected chi connectivity index (χ0v) is 18.8. The van der Waals surface area contributed by atoms with Crippen LogP contribution in [-0.2, 0) is 19.6 Å². The van der Waals surface area contributed by atoms with Crippen LogP contribution in [0.2, 0.25) is 0 Å². The van der Waals surface area contributed by atoms with Gasteiger partial charge in [-0.25, -0.2) is 8.42 Å². The largest absolute Gasteiger partial charge is 0.379 e. The van der Waals surface area contributed by atoms with Gasteiger partial charge in [-0.1, -0.05) is 32.3 Å². The Morgan fingerprint density at radius 2 is 1.90 bits per heavy atom. The number of anilines is 1. The minimum Gasteiger partial charge on any atom is -0.379 e. The molecule has 0 atom stereocenters. The highest BCUT2D eigenvalue weighted by Gasteiger charge is 2.27. The van der Waals surface area contributed by atoms with Gasteiger partial charge in [-0.15, -0.1) is 0 Å². The Bertz CT molecular complexity index is 761. The van der Waals surface area contributed by atoms with Crippen LogP contribution in [-0.4, -0.2) is 69.5 Å². The van der Waals surface area contributed by atoms with Crippen molar-refractivity contribution in [1.82, 2.24) is 9.21 Å². The van der Waals surface area contributed by atoms with Crippen molar-refractivity contribution in [2.75, 3.05) is 51.3 Å². The fourth-order valence-corrected chi connectivity index (χ4v) is 5.16. The normalized spacial score (nSPS) is 15.6. The molecule has 1 N–H and O–H groups in total. The zero-order valence-electron chi connectivity index (χ0n) is 17.9. The lowest BCUT2D eigenvalue weighted by Crippen LogP contribution is -2.43. The molecule has 0 bridgehead atoms. The maximum atomic E-state index is 13.5. The third kappa shape index (κ3) is 7.37. The minimum atomic E-state index is -3.65. The number of morpholine rings is 1. The second-order valence-corrected chi connectivity index (χ2v) is 9.49. The minimum absolute atomic E-state index is 0.221. The predicted octanol–water partition coefficient (Wildman–Crippen LogP) is 2.86. The molecule has 1 heterocycles. The molecule has 1 aromatic carbocycles. The smallest absolute Gasteiger partial charge is 0.243 e. The number of carbonyl (C=O) groups is 1. The molecule has 1 saturated heterocycles. The van der Waals surface area contributed by atoms with Crippen LogP contribution in [0.5, 0.6) is 0 Å². The van der Waals surface area contributed by atoms with Gasteiger partial charge in [0.05, 0.1) is 18.1 Å². The van der Waals surface area contributed by atoms with Crippen molar-refractivity contribution in [2.24, 2.45) is 0 Å². The van der Waals surface area contributed by atoms with E-state index in [4.69, 9.17) is 4.74 Å². The number of nitrogens with zero attached hydrogens (tertiary/aromatic N) is 2. The summed E-state index contributed by atoms with van der Waals surface area (Å²) in [6.45, 7) is 10.1. The van der Waals surface area contributed by atoms with Crippen LogP contribution < -0.4 is 5.32 Å². The number of nitrogens with one attached hydrogen (secondary N) is 1. The van der Waals surface area contributed by atoms with E-state index in [0.717, 1.165) is 38.8 Å². The van der Waals surface area contributed by atoms with E-state index in [2.05, 4.69) is 17.1 Å². The van der Waals surface area contributed by atoms with E-state index < -0.39 is 10.0 Å². The van der Waals surface area contributed by atoms with Gasteiger partial charge in [-0.05, 0) is 31.0 Å². The highest BCUT2D eigenvalue weighted by atomic mass is 32.2. The van der Waals surface area contributed by atoms with Crippen molar-refractivity contribution in [2.45, 2.75) is 51.3 Å². The average Bonchev–Trinajstić information content (AvgIpc) is 2.69. The lowest BCUT2D eigenvalue weighted by molar-refractivity contribution is -0.114. The predicted molar refractivity (Wildman–Crippen MR) is 116 cm³/mol. The molecule has 0 aromatic heterocycles. The summed E-state index contributed by atoms with van der Waals surface area (Å²) >= 11 is 0. The first-order valence-corrected chi connectivity index (χ1v) is 12.0. The molecular weight excluding hydrogens is 390 g/mol. The number of benzene rings is 1. The molecule has 1 fully saturated rings. The lowest BCUT2D eigenvalue weighted by Gasteiger charge is -2.30. The maximum Gasteiger partial charge on any atom is 0.243 e. The van der Waals surface area contributed by atoms with E-state index in [-0.39, 0.29) is 10.8 Å². The average molecular weight is 426 g/mol. The number of hydrogen-bond acceptors (Lipinski definition) is 5. The Morgan fingerprint density at radius 1 is 1.17 bits per heavy atom. The van der Waals surface area contributed by atoms with Gasteiger partial charge in [0.2, 0.25) is 15.9 Å². The first-order chi connectivity index (χ1) is 13.8. The molecule has 0 aliphatic carbocycles. The number of unbranched alkanes of at least 4 members (excludes halogenated alkanes) is 3. The van der Waals surface area contributed by atoms with E-state index in [9.17, 15) is 13.2 Å². The summed E-state index contributed by atoms with van der Waals surface area (Å²) in [7, 11) is -3.65.